The molecule has 11 N–H and O–H groups in total. The number of carboxylic acids is 1. The van der Waals surface area contributed by atoms with Crippen LogP contribution in [0.15, 0.2) is 152 Å². The van der Waals surface area contributed by atoms with Gasteiger partial charge in [-0.2, -0.15) is 0 Å². The molecule has 4 unspecified atom stereocenters. The van der Waals surface area contributed by atoms with Gasteiger partial charge in [-0.25, -0.2) is 0 Å². The first-order valence-electron chi connectivity index (χ1n) is 45.2. The number of aryl methyl sites for hydroxylation is 1. The minimum absolute atomic E-state index is 0.0499. The second-order valence-electron chi connectivity index (χ2n) is 36.0. The van der Waals surface area contributed by atoms with Gasteiger partial charge in [-0.3, -0.25) is 4.79 Å². The van der Waals surface area contributed by atoms with Crippen molar-refractivity contribution in [2.45, 2.75) is 181 Å². The molecule has 722 valence electrons. The lowest BCUT2D eigenvalue weighted by Gasteiger charge is -2.34. The third-order valence-electron chi connectivity index (χ3n) is 25.8. The predicted octanol–water partition coefficient (Wildman–Crippen LogP) is 34.0. The van der Waals surface area contributed by atoms with Crippen molar-refractivity contribution in [2.75, 3.05) is 7.11 Å². The molecule has 1 aliphatic carbocycles. The highest BCUT2D eigenvalue weighted by Gasteiger charge is 2.45. The Hall–Kier alpha value is -5.26. The first-order chi connectivity index (χ1) is 65.2. The second-order valence-corrected chi connectivity index (χ2v) is 48.3. The first-order valence-corrected chi connectivity index (χ1v) is 57.1. The minimum atomic E-state index is -0.683. The number of carbonyl (C=O) groups is 1. The van der Waals surface area contributed by atoms with Crippen LogP contribution in [0.3, 0.4) is 0 Å². The van der Waals surface area contributed by atoms with E-state index in [1.807, 2.05) is 91.9 Å². The molecule has 137 heavy (non-hydrogen) atoms. The van der Waals surface area contributed by atoms with Gasteiger partial charge in [0.05, 0.1) is 52.3 Å². The summed E-state index contributed by atoms with van der Waals surface area (Å²) in [6, 6.07) is 46.9. The summed E-state index contributed by atoms with van der Waals surface area (Å²) in [7, 11) is 1.64. The van der Waals surface area contributed by atoms with Crippen LogP contribution >= 0.6 is 248 Å². The van der Waals surface area contributed by atoms with Gasteiger partial charge in [0.25, 0.3) is 0 Å². The van der Waals surface area contributed by atoms with E-state index in [4.69, 9.17) is 33.2 Å². The van der Waals surface area contributed by atoms with Crippen molar-refractivity contribution in [3.63, 3.8) is 0 Å². The lowest BCUT2D eigenvalue weighted by molar-refractivity contribution is -0.143. The molecule has 0 amide bonds. The fraction of sp³-hybridized carbons (Fsp3) is 0.318. The van der Waals surface area contributed by atoms with E-state index in [9.17, 15) is 61.0 Å². The van der Waals surface area contributed by atoms with Crippen molar-refractivity contribution in [3.05, 3.63) is 263 Å². The number of ether oxygens (including phenoxy) is 7. The van der Waals surface area contributed by atoms with Crippen LogP contribution in [-0.2, 0) is 4.79 Å². The number of hydrogen-bond donors (Lipinski definition) is 11. The van der Waals surface area contributed by atoms with Crippen LogP contribution in [-0.4, -0.2) is 69.3 Å². The van der Waals surface area contributed by atoms with Crippen LogP contribution in [0.2, 0.25) is 0 Å². The molecule has 0 spiro atoms. The average molecular weight is 3090 g/mol. The van der Waals surface area contributed by atoms with Gasteiger partial charge in [0.2, 0.25) is 0 Å². The quantitative estimate of drug-likeness (QED) is 0.0316. The third-order valence-corrected chi connectivity index (χ3v) is 35.8. The molecule has 1 fully saturated rings. The number of halogens is 11. The summed E-state index contributed by atoms with van der Waals surface area (Å²) in [5.74, 6) is 12.9. The molecule has 12 aromatic carbocycles. The molecule has 6 aliphatic heterocycles. The van der Waals surface area contributed by atoms with Crippen molar-refractivity contribution in [3.8, 4) is 132 Å². The monoisotopic (exact) mass is 3090 g/mol. The van der Waals surface area contributed by atoms with Gasteiger partial charge in [-0.15, -0.1) is 0 Å². The minimum Gasteiger partial charge on any atom is -0.508 e. The van der Waals surface area contributed by atoms with Crippen LogP contribution in [0.4, 0.5) is 0 Å². The Bertz CT molecular complexity index is 6350. The summed E-state index contributed by atoms with van der Waals surface area (Å²) in [4.78, 5) is 11.8. The van der Waals surface area contributed by atoms with E-state index < -0.39 is 5.97 Å². The highest BCUT2D eigenvalue weighted by Crippen LogP contribution is 2.61. The summed E-state index contributed by atoms with van der Waals surface area (Å²) >= 11 is 23.6. The van der Waals surface area contributed by atoms with Crippen molar-refractivity contribution in [1.82, 2.24) is 0 Å². The van der Waals surface area contributed by atoms with Gasteiger partial charge >= 0.3 is 5.97 Å². The van der Waals surface area contributed by atoms with Crippen molar-refractivity contribution in [2.24, 2.45) is 29.6 Å². The fourth-order valence-electron chi connectivity index (χ4n) is 19.3. The van der Waals surface area contributed by atoms with Crippen LogP contribution in [0.5, 0.6) is 132 Å². The predicted molar refractivity (Wildman–Crippen MR) is 627 cm³/mol. The maximum atomic E-state index is 11.8. The molecular weight excluding hydrogens is 2990 g/mol. The standard InChI is InChI=1S/C21H22O4.C19H18I4O3.C19H22O3.C16H12I4O3.C16H13I3O3.C16H16O3/c1-12-6-8-16-18(10-12)25-19-11-13(24-2)7-9-17(19)20(16)14-4-3-5-15(14)21(22)23;1-2-3-4-5-6-9-10-7-12(20)16(24)14(22)18(10)26-19-11(9)8-13(21)17(25)15(19)23;1-2-3-4-5-6-15-16-9-7-13(20)11-18(16)22-19-12-14(21)8-10-17(15)19;1-5(2)10-6-3-8(17)13(21)11(19)15(6)23-16-7(10)4-9(18)14(22)12(16)20;1-6(2)13-7-3-9(17)11(20)5-12(7)22-16-8(13)4-10(18)15(21)14(16)19;1-9(2)16-12-5-3-10(17)7-14(12)19-15-8-11(18)4-6-13(15)16/h6-11,14-15,20H,3-5H2,1-2H3,(H,22,23);7-9,24-25H,2-6H2,1H3;7-12,15,20-21H,2-6H2,1H3;3-5,10,21-22H,1-2H3;3-6,13,20-21H,1-2H3;3-9,16-18H,1-2H3. The Morgan fingerprint density at radius 2 is 0.664 bits per heavy atom. The van der Waals surface area contributed by atoms with Gasteiger partial charge in [-0.05, 0) is 383 Å². The SMILES string of the molecule is CC(C)C1c2cc(I)c(O)c(I)c2Oc2c1cc(I)c(O)c2I.CC(C)C1c2cc(I)c(O)cc2Oc2c1cc(I)c(O)c2I.CC(C)C1c2ccc(O)cc2Oc2cc(O)ccc21.CCCCCCC1c2cc(I)c(O)c(I)c2Oc2c1cc(I)c(O)c2I.CCCCCCC1c2ccc(O)cc2Oc2cc(O)ccc21.COc1ccc2c(c1)Oc1cc(C)ccc1C2C1CCCC1C(=O)O. The lowest BCUT2D eigenvalue weighted by Crippen LogP contribution is -2.26. The molecule has 0 bridgehead atoms. The second kappa shape index (κ2) is 46.8. The Kier molecular flexibility index (Phi) is 36.8. The molecule has 19 rings (SSSR count). The summed E-state index contributed by atoms with van der Waals surface area (Å²) < 4.78 is 50.2. The van der Waals surface area contributed by atoms with Gasteiger partial charge in [0.15, 0.2) is 0 Å². The van der Waals surface area contributed by atoms with Gasteiger partial charge in [0.1, 0.15) is 132 Å². The summed E-state index contributed by atoms with van der Waals surface area (Å²) in [6.07, 6.45) is 14.5. The number of aromatic hydroxyl groups is 10. The highest BCUT2D eigenvalue weighted by molar-refractivity contribution is 14.1. The summed E-state index contributed by atoms with van der Waals surface area (Å²) in [5, 5.41) is 110. The van der Waals surface area contributed by atoms with E-state index in [0.717, 1.165) is 175 Å². The molecule has 0 saturated heterocycles. The Morgan fingerprint density at radius 3 is 1.06 bits per heavy atom. The van der Waals surface area contributed by atoms with Crippen LogP contribution < -0.4 is 33.2 Å². The first kappa shape index (κ1) is 107. The van der Waals surface area contributed by atoms with Crippen molar-refractivity contribution in [1.29, 1.82) is 0 Å². The fourth-order valence-corrected chi connectivity index (χ4v) is 29.0. The van der Waals surface area contributed by atoms with Crippen molar-refractivity contribution >= 4 is 254 Å². The number of fused-ring (bicyclic) bond motifs is 12. The number of rotatable bonds is 16. The van der Waals surface area contributed by atoms with Gasteiger partial charge in [0, 0.05) is 139 Å². The zero-order valence-electron chi connectivity index (χ0n) is 76.3. The Balaban J connectivity index is 0.000000132. The van der Waals surface area contributed by atoms with E-state index in [0.29, 0.717) is 67.3 Å². The smallest absolute Gasteiger partial charge is 0.306 e. The van der Waals surface area contributed by atoms with Crippen LogP contribution in [0.25, 0.3) is 0 Å². The molecule has 4 atom stereocenters. The summed E-state index contributed by atoms with van der Waals surface area (Å²) in [6.45, 7) is 19.5. The van der Waals surface area contributed by atoms with E-state index in [1.54, 1.807) is 61.7 Å². The van der Waals surface area contributed by atoms with E-state index in [2.05, 4.69) is 316 Å². The molecule has 30 heteroatoms. The number of phenolic OH excluding ortho intramolecular Hbond substituents is 10. The maximum Gasteiger partial charge on any atom is 0.306 e. The number of methoxy groups -OCH3 is 1. The molecule has 12 aromatic rings. The van der Waals surface area contributed by atoms with Gasteiger partial charge < -0.3 is 89.3 Å². The molecule has 0 aromatic heterocycles. The number of phenols is 10. The van der Waals surface area contributed by atoms with Crippen LogP contribution in [0, 0.1) is 75.8 Å². The molecule has 0 radical (unpaired) electrons. The molecule has 19 nitrogen and oxygen atoms in total. The number of aliphatic carboxylic acids is 1. The highest BCUT2D eigenvalue weighted by atomic mass is 127. The van der Waals surface area contributed by atoms with E-state index >= 15 is 0 Å². The number of unbranched alkanes of at least 4 members (excludes halogenated alkanes) is 6. The van der Waals surface area contributed by atoms with Crippen molar-refractivity contribution < 1.29 is 94.1 Å². The summed E-state index contributed by atoms with van der Waals surface area (Å²) in [5.41, 5.74) is 14.3. The zero-order valence-corrected chi connectivity index (χ0v) is 100. The number of hydrogen-bond acceptors (Lipinski definition) is 18. The van der Waals surface area contributed by atoms with Crippen LogP contribution in [0.1, 0.15) is 247 Å². The van der Waals surface area contributed by atoms with E-state index in [1.165, 1.54) is 44.9 Å². The zero-order chi connectivity index (χ0) is 98.9. The average Bonchev–Trinajstić information content (AvgIpc) is 1.61. The van der Waals surface area contributed by atoms with E-state index in [-0.39, 0.29) is 105 Å². The lowest BCUT2D eigenvalue weighted by atomic mass is 9.74. The Labute approximate surface area is 948 Å². The molecule has 1 saturated carbocycles. The largest absolute Gasteiger partial charge is 0.508 e. The Morgan fingerprint density at radius 1 is 0.343 bits per heavy atom. The molecule has 6 heterocycles. The van der Waals surface area contributed by atoms with Gasteiger partial charge in [-0.1, -0.05) is 156 Å². The third kappa shape index (κ3) is 23.3. The molecule has 7 aliphatic rings. The number of benzene rings is 12. The molecular formula is C107H103I11O19. The number of carboxylic acid groups (broad SMARTS) is 1. The maximum absolute atomic E-state index is 11.8. The topological polar surface area (TPSA) is 304 Å². The normalized spacial score (nSPS) is 15.9.